The van der Waals surface area contributed by atoms with E-state index in [4.69, 9.17) is 23.2 Å². The van der Waals surface area contributed by atoms with Gasteiger partial charge in [0.2, 0.25) is 0 Å². The van der Waals surface area contributed by atoms with Crippen molar-refractivity contribution >= 4 is 28.9 Å². The second-order valence-electron chi connectivity index (χ2n) is 5.19. The minimum absolute atomic E-state index is 0.562. The summed E-state index contributed by atoms with van der Waals surface area (Å²) in [6.45, 7) is 4.94. The maximum absolute atomic E-state index is 5.93. The molecule has 0 atom stereocenters. The van der Waals surface area contributed by atoms with Crippen LogP contribution in [0.2, 0.25) is 10.2 Å². The molecule has 5 heteroatoms. The molecule has 1 aliphatic rings. The number of pyridine rings is 1. The summed E-state index contributed by atoms with van der Waals surface area (Å²) in [7, 11) is 0. The number of piperazine rings is 1. The summed E-state index contributed by atoms with van der Waals surface area (Å²) >= 11 is 11.9. The van der Waals surface area contributed by atoms with Gasteiger partial charge in [0.15, 0.2) is 0 Å². The summed E-state index contributed by atoms with van der Waals surface area (Å²) in [4.78, 5) is 9.14. The molecule has 0 amide bonds. The average Bonchev–Trinajstić information content (AvgIpc) is 2.49. The summed E-state index contributed by atoms with van der Waals surface area (Å²) in [5, 5.41) is 1.34. The fourth-order valence-corrected chi connectivity index (χ4v) is 2.89. The van der Waals surface area contributed by atoms with Crippen molar-refractivity contribution in [1.29, 1.82) is 0 Å². The largest absolute Gasteiger partial charge is 0.369 e. The first-order valence-electron chi connectivity index (χ1n) is 7.05. The Kier molecular flexibility index (Phi) is 4.63. The summed E-state index contributed by atoms with van der Waals surface area (Å²) < 4.78 is 0. The van der Waals surface area contributed by atoms with Gasteiger partial charge in [-0.15, -0.1) is 0 Å². The fourth-order valence-electron chi connectivity index (χ4n) is 2.58. The zero-order chi connectivity index (χ0) is 14.7. The van der Waals surface area contributed by atoms with Gasteiger partial charge in [-0.1, -0.05) is 29.3 Å². The van der Waals surface area contributed by atoms with Crippen LogP contribution in [-0.2, 0) is 6.54 Å². The number of hydrogen-bond acceptors (Lipinski definition) is 3. The van der Waals surface area contributed by atoms with Crippen molar-refractivity contribution in [2.45, 2.75) is 6.54 Å². The lowest BCUT2D eigenvalue weighted by atomic mass is 10.2. The first-order valence-corrected chi connectivity index (χ1v) is 7.80. The van der Waals surface area contributed by atoms with Gasteiger partial charge in [0, 0.05) is 43.4 Å². The summed E-state index contributed by atoms with van der Waals surface area (Å²) in [5.74, 6) is 0. The quantitative estimate of drug-likeness (QED) is 0.803. The van der Waals surface area contributed by atoms with Gasteiger partial charge in [-0.3, -0.25) is 4.90 Å². The van der Waals surface area contributed by atoms with Crippen LogP contribution in [0.3, 0.4) is 0 Å². The molecule has 2 heterocycles. The van der Waals surface area contributed by atoms with Crippen LogP contribution in [-0.4, -0.2) is 36.1 Å². The minimum atomic E-state index is 0.562. The van der Waals surface area contributed by atoms with Gasteiger partial charge >= 0.3 is 0 Å². The molecule has 110 valence electrons. The molecule has 0 saturated carbocycles. The summed E-state index contributed by atoms with van der Waals surface area (Å²) in [5.41, 5.74) is 2.27. The highest BCUT2D eigenvalue weighted by Gasteiger charge is 2.17. The fraction of sp³-hybridized carbons (Fsp3) is 0.312. The minimum Gasteiger partial charge on any atom is -0.369 e. The molecule has 1 aromatic carbocycles. The molecule has 0 spiro atoms. The van der Waals surface area contributed by atoms with Crippen LogP contribution in [0.1, 0.15) is 5.69 Å². The number of halogens is 2. The van der Waals surface area contributed by atoms with Crippen LogP contribution in [0.5, 0.6) is 0 Å². The molecule has 3 nitrogen and oxygen atoms in total. The van der Waals surface area contributed by atoms with Crippen LogP contribution in [0.4, 0.5) is 5.69 Å². The number of anilines is 1. The molecule has 0 unspecified atom stereocenters. The molecule has 21 heavy (non-hydrogen) atoms. The Bertz CT molecular complexity index is 593. The van der Waals surface area contributed by atoms with Crippen LogP contribution in [0, 0.1) is 0 Å². The number of aromatic nitrogens is 1. The topological polar surface area (TPSA) is 19.4 Å². The van der Waals surface area contributed by atoms with E-state index in [0.29, 0.717) is 5.15 Å². The Balaban J connectivity index is 1.56. The lowest BCUT2D eigenvalue weighted by Crippen LogP contribution is -2.46. The number of rotatable bonds is 3. The van der Waals surface area contributed by atoms with E-state index in [-0.39, 0.29) is 0 Å². The highest BCUT2D eigenvalue weighted by Crippen LogP contribution is 2.20. The second-order valence-corrected chi connectivity index (χ2v) is 6.01. The molecule has 3 rings (SSSR count). The van der Waals surface area contributed by atoms with Crippen LogP contribution < -0.4 is 4.90 Å². The molecule has 0 aliphatic carbocycles. The molecule has 0 bridgehead atoms. The molecule has 0 N–H and O–H groups in total. The van der Waals surface area contributed by atoms with E-state index >= 15 is 0 Å². The summed E-state index contributed by atoms with van der Waals surface area (Å²) in [6.07, 6.45) is 0. The predicted molar refractivity (Wildman–Crippen MR) is 88.2 cm³/mol. The zero-order valence-corrected chi connectivity index (χ0v) is 13.2. The Morgan fingerprint density at radius 2 is 1.62 bits per heavy atom. The molecular formula is C16H17Cl2N3. The van der Waals surface area contributed by atoms with Crippen molar-refractivity contribution in [3.63, 3.8) is 0 Å². The SMILES string of the molecule is Clc1ccc(N2CCN(Cc3cccc(Cl)n3)CC2)cc1. The first-order chi connectivity index (χ1) is 10.2. The van der Waals surface area contributed by atoms with Gasteiger partial charge in [-0.25, -0.2) is 4.98 Å². The van der Waals surface area contributed by atoms with Gasteiger partial charge in [0.1, 0.15) is 5.15 Å². The number of benzene rings is 1. The van der Waals surface area contributed by atoms with E-state index in [0.717, 1.165) is 43.4 Å². The second kappa shape index (κ2) is 6.65. The Morgan fingerprint density at radius 3 is 2.29 bits per heavy atom. The zero-order valence-electron chi connectivity index (χ0n) is 11.7. The van der Waals surface area contributed by atoms with E-state index in [9.17, 15) is 0 Å². The maximum atomic E-state index is 5.93. The third-order valence-electron chi connectivity index (χ3n) is 3.72. The van der Waals surface area contributed by atoms with Gasteiger partial charge in [0.05, 0.1) is 5.69 Å². The Morgan fingerprint density at radius 1 is 0.905 bits per heavy atom. The molecular weight excluding hydrogens is 305 g/mol. The molecule has 1 fully saturated rings. The van der Waals surface area contributed by atoms with E-state index < -0.39 is 0 Å². The third kappa shape index (κ3) is 3.88. The van der Waals surface area contributed by atoms with E-state index in [1.807, 2.05) is 30.3 Å². The van der Waals surface area contributed by atoms with E-state index in [1.54, 1.807) is 0 Å². The Hall–Kier alpha value is -1.29. The molecule has 1 saturated heterocycles. The lowest BCUT2D eigenvalue weighted by Gasteiger charge is -2.36. The molecule has 1 aliphatic heterocycles. The van der Waals surface area contributed by atoms with Crippen LogP contribution in [0.15, 0.2) is 42.5 Å². The van der Waals surface area contributed by atoms with Crippen LogP contribution >= 0.6 is 23.2 Å². The van der Waals surface area contributed by atoms with Gasteiger partial charge in [-0.05, 0) is 36.4 Å². The maximum Gasteiger partial charge on any atom is 0.129 e. The molecule has 0 radical (unpaired) electrons. The Labute approximate surface area is 135 Å². The first kappa shape index (κ1) is 14.6. The monoisotopic (exact) mass is 321 g/mol. The van der Waals surface area contributed by atoms with Crippen molar-refractivity contribution in [2.75, 3.05) is 31.1 Å². The van der Waals surface area contributed by atoms with E-state index in [2.05, 4.69) is 26.9 Å². The van der Waals surface area contributed by atoms with Crippen LogP contribution in [0.25, 0.3) is 0 Å². The number of hydrogen-bond donors (Lipinski definition) is 0. The lowest BCUT2D eigenvalue weighted by molar-refractivity contribution is 0.247. The van der Waals surface area contributed by atoms with Crippen molar-refractivity contribution < 1.29 is 0 Å². The van der Waals surface area contributed by atoms with Gasteiger partial charge in [0.25, 0.3) is 0 Å². The highest BCUT2D eigenvalue weighted by atomic mass is 35.5. The third-order valence-corrected chi connectivity index (χ3v) is 4.18. The predicted octanol–water partition coefficient (Wildman–Crippen LogP) is 3.71. The number of nitrogens with zero attached hydrogens (tertiary/aromatic N) is 3. The van der Waals surface area contributed by atoms with E-state index in [1.165, 1.54) is 5.69 Å². The van der Waals surface area contributed by atoms with Gasteiger partial charge < -0.3 is 4.90 Å². The van der Waals surface area contributed by atoms with Gasteiger partial charge in [-0.2, -0.15) is 0 Å². The standard InChI is InChI=1S/C16H17Cl2N3/c17-13-4-6-15(7-5-13)21-10-8-20(9-11-21)12-14-2-1-3-16(18)19-14/h1-7H,8-12H2. The highest BCUT2D eigenvalue weighted by molar-refractivity contribution is 6.30. The normalized spacial score (nSPS) is 16.2. The van der Waals surface area contributed by atoms with Crippen molar-refractivity contribution in [2.24, 2.45) is 0 Å². The van der Waals surface area contributed by atoms with Crippen molar-refractivity contribution in [3.05, 3.63) is 58.3 Å². The molecule has 1 aromatic heterocycles. The smallest absolute Gasteiger partial charge is 0.129 e. The summed E-state index contributed by atoms with van der Waals surface area (Å²) in [6, 6.07) is 13.8. The molecule has 2 aromatic rings. The average molecular weight is 322 g/mol. The van der Waals surface area contributed by atoms with Crippen molar-refractivity contribution in [1.82, 2.24) is 9.88 Å². The van der Waals surface area contributed by atoms with Crippen molar-refractivity contribution in [3.8, 4) is 0 Å².